The summed E-state index contributed by atoms with van der Waals surface area (Å²) in [5, 5.41) is 0. The van der Waals surface area contributed by atoms with E-state index in [2.05, 4.69) is 18.9 Å². The molecule has 1 rings (SSSR count). The Bertz CT molecular complexity index is 178. The summed E-state index contributed by atoms with van der Waals surface area (Å²) in [4.78, 5) is 0. The fourth-order valence-electron chi connectivity index (χ4n) is 2.23. The Morgan fingerprint density at radius 3 is 2.87 bits per heavy atom. The molecule has 0 aliphatic heterocycles. The Hall–Kier alpha value is -0.380. The smallest absolute Gasteiger partial charge is 0.0580 e. The quantitative estimate of drug-likeness (QED) is 0.367. The van der Waals surface area contributed by atoms with Crippen LogP contribution in [0.5, 0.6) is 0 Å². The number of hydrogen-bond donors (Lipinski definition) is 2. The van der Waals surface area contributed by atoms with Crippen molar-refractivity contribution in [2.45, 2.75) is 51.2 Å². The molecule has 1 unspecified atom stereocenters. The van der Waals surface area contributed by atoms with Gasteiger partial charge in [0.1, 0.15) is 0 Å². The summed E-state index contributed by atoms with van der Waals surface area (Å²) in [6.07, 6.45) is 8.19. The van der Waals surface area contributed by atoms with Gasteiger partial charge in [-0.15, -0.1) is 6.58 Å². The van der Waals surface area contributed by atoms with Crippen molar-refractivity contribution in [3.63, 3.8) is 0 Å². The van der Waals surface area contributed by atoms with Gasteiger partial charge in [-0.2, -0.15) is 0 Å². The first-order chi connectivity index (χ1) is 7.30. The fourth-order valence-corrected chi connectivity index (χ4v) is 2.23. The predicted molar refractivity (Wildman–Crippen MR) is 63.3 cm³/mol. The molecule has 3 heteroatoms. The van der Waals surface area contributed by atoms with Gasteiger partial charge in [0.15, 0.2) is 0 Å². The molecular formula is C12H24N2O. The van der Waals surface area contributed by atoms with Crippen molar-refractivity contribution in [3.8, 4) is 0 Å². The molecule has 1 atom stereocenters. The molecule has 1 aliphatic rings. The minimum Gasteiger partial charge on any atom is -0.378 e. The second kappa shape index (κ2) is 6.99. The molecule has 0 amide bonds. The number of rotatable bonds is 8. The highest BCUT2D eigenvalue weighted by Gasteiger charge is 2.30. The highest BCUT2D eigenvalue weighted by Crippen LogP contribution is 2.34. The van der Waals surface area contributed by atoms with Gasteiger partial charge in [-0.05, 0) is 44.9 Å². The summed E-state index contributed by atoms with van der Waals surface area (Å²) >= 11 is 0. The first-order valence-corrected chi connectivity index (χ1v) is 5.98. The van der Waals surface area contributed by atoms with Crippen LogP contribution in [0.4, 0.5) is 0 Å². The molecule has 0 aromatic heterocycles. The van der Waals surface area contributed by atoms with Crippen LogP contribution in [0.3, 0.4) is 0 Å². The standard InChI is InChI=1S/C12H24N2O/c1-3-5-6-11(14-13)7-10-8-12(9-10)15-4-2/h3,10-12,14H,1,4-9,13H2,2H3. The number of nitrogens with two attached hydrogens (primary N) is 1. The van der Waals surface area contributed by atoms with Gasteiger partial charge in [0.25, 0.3) is 0 Å². The minimum atomic E-state index is 0.440. The van der Waals surface area contributed by atoms with Gasteiger partial charge < -0.3 is 4.74 Å². The van der Waals surface area contributed by atoms with E-state index >= 15 is 0 Å². The third-order valence-corrected chi connectivity index (χ3v) is 3.17. The Morgan fingerprint density at radius 1 is 1.60 bits per heavy atom. The molecule has 0 bridgehead atoms. The van der Waals surface area contributed by atoms with Gasteiger partial charge in [0.05, 0.1) is 6.10 Å². The van der Waals surface area contributed by atoms with Gasteiger partial charge in [-0.1, -0.05) is 6.08 Å². The molecule has 15 heavy (non-hydrogen) atoms. The molecular weight excluding hydrogens is 188 g/mol. The normalized spacial score (nSPS) is 27.1. The summed E-state index contributed by atoms with van der Waals surface area (Å²) in [5.74, 6) is 6.32. The van der Waals surface area contributed by atoms with Crippen LogP contribution in [0.2, 0.25) is 0 Å². The summed E-state index contributed by atoms with van der Waals surface area (Å²) in [5.41, 5.74) is 2.89. The molecule has 0 saturated heterocycles. The van der Waals surface area contributed by atoms with E-state index in [0.717, 1.165) is 25.4 Å². The zero-order chi connectivity index (χ0) is 11.1. The van der Waals surface area contributed by atoms with Crippen LogP contribution in [-0.4, -0.2) is 18.8 Å². The van der Waals surface area contributed by atoms with Crippen molar-refractivity contribution in [1.29, 1.82) is 0 Å². The molecule has 88 valence electrons. The van der Waals surface area contributed by atoms with E-state index in [0.29, 0.717) is 12.1 Å². The van der Waals surface area contributed by atoms with Gasteiger partial charge in [-0.3, -0.25) is 11.3 Å². The van der Waals surface area contributed by atoms with Crippen molar-refractivity contribution in [2.75, 3.05) is 6.61 Å². The van der Waals surface area contributed by atoms with Crippen molar-refractivity contribution < 1.29 is 4.74 Å². The summed E-state index contributed by atoms with van der Waals surface area (Å²) in [6, 6.07) is 0.440. The highest BCUT2D eigenvalue weighted by atomic mass is 16.5. The maximum absolute atomic E-state index is 5.54. The molecule has 1 aliphatic carbocycles. The van der Waals surface area contributed by atoms with Crippen LogP contribution in [0.15, 0.2) is 12.7 Å². The van der Waals surface area contributed by atoms with Crippen LogP contribution in [0.25, 0.3) is 0 Å². The third kappa shape index (κ3) is 4.33. The van der Waals surface area contributed by atoms with Crippen molar-refractivity contribution in [1.82, 2.24) is 5.43 Å². The number of nitrogens with one attached hydrogen (secondary N) is 1. The molecule has 3 nitrogen and oxygen atoms in total. The molecule has 0 spiro atoms. The zero-order valence-electron chi connectivity index (χ0n) is 9.74. The largest absolute Gasteiger partial charge is 0.378 e. The lowest BCUT2D eigenvalue weighted by Gasteiger charge is -2.36. The molecule has 3 N–H and O–H groups in total. The average molecular weight is 212 g/mol. The summed E-state index contributed by atoms with van der Waals surface area (Å²) in [6.45, 7) is 6.62. The molecule has 0 aromatic rings. The van der Waals surface area contributed by atoms with E-state index in [-0.39, 0.29) is 0 Å². The molecule has 0 aromatic carbocycles. The Balaban J connectivity index is 2.10. The first kappa shape index (κ1) is 12.7. The molecule has 1 fully saturated rings. The van der Waals surface area contributed by atoms with E-state index in [4.69, 9.17) is 10.6 Å². The monoisotopic (exact) mass is 212 g/mol. The summed E-state index contributed by atoms with van der Waals surface area (Å²) in [7, 11) is 0. The highest BCUT2D eigenvalue weighted by molar-refractivity contribution is 4.84. The lowest BCUT2D eigenvalue weighted by Crippen LogP contribution is -2.40. The number of allylic oxidation sites excluding steroid dienone is 1. The molecule has 1 saturated carbocycles. The molecule has 0 heterocycles. The van der Waals surface area contributed by atoms with Crippen LogP contribution in [0, 0.1) is 5.92 Å². The maximum atomic E-state index is 5.54. The lowest BCUT2D eigenvalue weighted by atomic mass is 9.77. The topological polar surface area (TPSA) is 47.3 Å². The predicted octanol–water partition coefficient (Wildman–Crippen LogP) is 1.99. The Kier molecular flexibility index (Phi) is 5.91. The average Bonchev–Trinajstić information content (AvgIpc) is 2.20. The SMILES string of the molecule is C=CCCC(CC1CC(OCC)C1)NN. The summed E-state index contributed by atoms with van der Waals surface area (Å²) < 4.78 is 5.54. The van der Waals surface area contributed by atoms with Crippen LogP contribution in [-0.2, 0) is 4.74 Å². The number of hydrazine groups is 1. The van der Waals surface area contributed by atoms with Crippen LogP contribution >= 0.6 is 0 Å². The van der Waals surface area contributed by atoms with E-state index < -0.39 is 0 Å². The Morgan fingerprint density at radius 2 is 2.33 bits per heavy atom. The van der Waals surface area contributed by atoms with E-state index in [1.165, 1.54) is 19.3 Å². The second-order valence-corrected chi connectivity index (χ2v) is 4.38. The first-order valence-electron chi connectivity index (χ1n) is 5.98. The lowest BCUT2D eigenvalue weighted by molar-refractivity contribution is -0.0292. The van der Waals surface area contributed by atoms with E-state index in [9.17, 15) is 0 Å². The maximum Gasteiger partial charge on any atom is 0.0580 e. The number of ether oxygens (including phenoxy) is 1. The third-order valence-electron chi connectivity index (χ3n) is 3.17. The zero-order valence-corrected chi connectivity index (χ0v) is 9.74. The van der Waals surface area contributed by atoms with Gasteiger partial charge in [-0.25, -0.2) is 0 Å². The van der Waals surface area contributed by atoms with Crippen molar-refractivity contribution in [2.24, 2.45) is 11.8 Å². The molecule has 0 radical (unpaired) electrons. The van der Waals surface area contributed by atoms with Gasteiger partial charge in [0.2, 0.25) is 0 Å². The Labute approximate surface area is 93.0 Å². The second-order valence-electron chi connectivity index (χ2n) is 4.38. The van der Waals surface area contributed by atoms with Crippen molar-refractivity contribution in [3.05, 3.63) is 12.7 Å². The number of hydrogen-bond acceptors (Lipinski definition) is 3. The fraction of sp³-hybridized carbons (Fsp3) is 0.833. The van der Waals surface area contributed by atoms with Crippen molar-refractivity contribution >= 4 is 0 Å². The van der Waals surface area contributed by atoms with Crippen LogP contribution in [0.1, 0.15) is 39.0 Å². The van der Waals surface area contributed by atoms with Gasteiger partial charge >= 0.3 is 0 Å². The van der Waals surface area contributed by atoms with E-state index in [1.807, 2.05) is 6.08 Å². The van der Waals surface area contributed by atoms with E-state index in [1.54, 1.807) is 0 Å². The van der Waals surface area contributed by atoms with Gasteiger partial charge in [0, 0.05) is 12.6 Å². The minimum absolute atomic E-state index is 0.440. The van der Waals surface area contributed by atoms with Crippen LogP contribution < -0.4 is 11.3 Å².